The first kappa shape index (κ1) is 13.8. The van der Waals surface area contributed by atoms with E-state index in [9.17, 15) is 0 Å². The SMILES string of the molecule is Brc1nccn1C(c1ccccc1)c1cccc2c1CCC2. The van der Waals surface area contributed by atoms with E-state index in [4.69, 9.17) is 0 Å². The molecule has 0 fully saturated rings. The van der Waals surface area contributed by atoms with E-state index in [1.54, 1.807) is 0 Å². The van der Waals surface area contributed by atoms with Gasteiger partial charge in [0.25, 0.3) is 0 Å². The standard InChI is InChI=1S/C19H17BrN2/c20-19-21-12-13-22(19)18(15-6-2-1-3-7-15)17-11-5-9-14-8-4-10-16(14)17/h1-3,5-7,9,11-13,18H,4,8,10H2. The fourth-order valence-electron chi connectivity index (χ4n) is 3.52. The Bertz CT molecular complexity index is 792. The van der Waals surface area contributed by atoms with Crippen LogP contribution in [0.5, 0.6) is 0 Å². The van der Waals surface area contributed by atoms with Gasteiger partial charge in [0, 0.05) is 12.4 Å². The van der Waals surface area contributed by atoms with Crippen LogP contribution in [0, 0.1) is 0 Å². The van der Waals surface area contributed by atoms with Crippen molar-refractivity contribution >= 4 is 15.9 Å². The number of halogens is 1. The predicted octanol–water partition coefficient (Wildman–Crippen LogP) is 4.77. The molecule has 1 heterocycles. The Balaban J connectivity index is 1.93. The monoisotopic (exact) mass is 352 g/mol. The number of benzene rings is 2. The fourth-order valence-corrected chi connectivity index (χ4v) is 3.96. The van der Waals surface area contributed by atoms with Gasteiger partial charge in [-0.2, -0.15) is 0 Å². The first-order valence-corrected chi connectivity index (χ1v) is 8.48. The summed E-state index contributed by atoms with van der Waals surface area (Å²) >= 11 is 3.59. The molecular weight excluding hydrogens is 336 g/mol. The minimum absolute atomic E-state index is 0.172. The van der Waals surface area contributed by atoms with Gasteiger partial charge >= 0.3 is 0 Å². The van der Waals surface area contributed by atoms with Crippen molar-refractivity contribution in [2.75, 3.05) is 0 Å². The van der Waals surface area contributed by atoms with Crippen molar-refractivity contribution in [1.82, 2.24) is 9.55 Å². The van der Waals surface area contributed by atoms with Crippen molar-refractivity contribution in [1.29, 1.82) is 0 Å². The van der Waals surface area contributed by atoms with Crippen LogP contribution in [0.2, 0.25) is 0 Å². The fraction of sp³-hybridized carbons (Fsp3) is 0.211. The highest BCUT2D eigenvalue weighted by atomic mass is 79.9. The Morgan fingerprint density at radius 3 is 2.64 bits per heavy atom. The lowest BCUT2D eigenvalue weighted by Crippen LogP contribution is -2.14. The molecule has 1 aromatic heterocycles. The molecule has 1 unspecified atom stereocenters. The van der Waals surface area contributed by atoms with Crippen LogP contribution in [0.25, 0.3) is 0 Å². The van der Waals surface area contributed by atoms with Gasteiger partial charge in [0.15, 0.2) is 4.73 Å². The maximum atomic E-state index is 4.36. The van der Waals surface area contributed by atoms with Crippen LogP contribution >= 0.6 is 15.9 Å². The Morgan fingerprint density at radius 2 is 1.86 bits per heavy atom. The maximum absolute atomic E-state index is 4.36. The van der Waals surface area contributed by atoms with Gasteiger partial charge in [-0.1, -0.05) is 48.5 Å². The largest absolute Gasteiger partial charge is 0.314 e. The van der Waals surface area contributed by atoms with Gasteiger partial charge < -0.3 is 4.57 Å². The number of nitrogens with zero attached hydrogens (tertiary/aromatic N) is 2. The zero-order chi connectivity index (χ0) is 14.9. The van der Waals surface area contributed by atoms with Crippen LogP contribution in [0.4, 0.5) is 0 Å². The van der Waals surface area contributed by atoms with E-state index >= 15 is 0 Å². The summed E-state index contributed by atoms with van der Waals surface area (Å²) in [6.07, 6.45) is 7.55. The summed E-state index contributed by atoms with van der Waals surface area (Å²) in [6.45, 7) is 0. The molecule has 4 rings (SSSR count). The third-order valence-corrected chi connectivity index (χ3v) is 5.11. The minimum atomic E-state index is 0.172. The average Bonchev–Trinajstić information content (AvgIpc) is 3.19. The quantitative estimate of drug-likeness (QED) is 0.663. The van der Waals surface area contributed by atoms with Crippen LogP contribution in [-0.4, -0.2) is 9.55 Å². The van der Waals surface area contributed by atoms with E-state index in [1.807, 2.05) is 6.20 Å². The van der Waals surface area contributed by atoms with Gasteiger partial charge in [0.1, 0.15) is 0 Å². The number of fused-ring (bicyclic) bond motifs is 1. The van der Waals surface area contributed by atoms with Crippen LogP contribution in [-0.2, 0) is 12.8 Å². The smallest absolute Gasteiger partial charge is 0.177 e. The summed E-state index contributed by atoms with van der Waals surface area (Å²) in [7, 11) is 0. The molecule has 0 saturated carbocycles. The average molecular weight is 353 g/mol. The zero-order valence-corrected chi connectivity index (χ0v) is 13.8. The van der Waals surface area contributed by atoms with Crippen molar-refractivity contribution in [2.24, 2.45) is 0 Å². The predicted molar refractivity (Wildman–Crippen MR) is 92.1 cm³/mol. The number of imidazole rings is 1. The molecule has 0 bridgehead atoms. The molecule has 0 N–H and O–H groups in total. The van der Waals surface area contributed by atoms with Gasteiger partial charge in [-0.05, 0) is 57.4 Å². The van der Waals surface area contributed by atoms with Gasteiger partial charge in [0.05, 0.1) is 6.04 Å². The van der Waals surface area contributed by atoms with Crippen LogP contribution < -0.4 is 0 Å². The van der Waals surface area contributed by atoms with E-state index in [0.717, 1.165) is 4.73 Å². The van der Waals surface area contributed by atoms with Gasteiger partial charge in [-0.25, -0.2) is 4.98 Å². The highest BCUT2D eigenvalue weighted by Gasteiger charge is 2.24. The first-order chi connectivity index (χ1) is 10.8. The second kappa shape index (κ2) is 5.73. The van der Waals surface area contributed by atoms with Crippen molar-refractivity contribution in [3.8, 4) is 0 Å². The molecule has 110 valence electrons. The number of hydrogen-bond donors (Lipinski definition) is 0. The molecule has 1 aliphatic rings. The van der Waals surface area contributed by atoms with E-state index in [0.29, 0.717) is 0 Å². The van der Waals surface area contributed by atoms with Gasteiger partial charge in [0.2, 0.25) is 0 Å². The zero-order valence-electron chi connectivity index (χ0n) is 12.2. The summed E-state index contributed by atoms with van der Waals surface area (Å²) in [4.78, 5) is 4.36. The van der Waals surface area contributed by atoms with Crippen molar-refractivity contribution < 1.29 is 0 Å². The van der Waals surface area contributed by atoms with E-state index in [1.165, 1.54) is 41.5 Å². The molecule has 0 aliphatic heterocycles. The molecule has 2 aromatic carbocycles. The lowest BCUT2D eigenvalue weighted by atomic mass is 9.92. The molecule has 0 spiro atoms. The Labute approximate surface area is 139 Å². The molecule has 3 aromatic rings. The van der Waals surface area contributed by atoms with E-state index in [-0.39, 0.29) is 6.04 Å². The van der Waals surface area contributed by atoms with Gasteiger partial charge in [-0.15, -0.1) is 0 Å². The topological polar surface area (TPSA) is 17.8 Å². The third kappa shape index (κ3) is 2.30. The minimum Gasteiger partial charge on any atom is -0.314 e. The van der Waals surface area contributed by atoms with Crippen LogP contribution in [0.3, 0.4) is 0 Å². The maximum Gasteiger partial charge on any atom is 0.177 e. The molecular formula is C19H17BrN2. The Kier molecular flexibility index (Phi) is 3.59. The number of hydrogen-bond acceptors (Lipinski definition) is 1. The summed E-state index contributed by atoms with van der Waals surface area (Å²) in [5, 5.41) is 0. The molecule has 0 amide bonds. The normalized spacial score (nSPS) is 14.8. The van der Waals surface area contributed by atoms with Crippen molar-refractivity contribution in [3.63, 3.8) is 0 Å². The molecule has 3 heteroatoms. The number of rotatable bonds is 3. The second-order valence-electron chi connectivity index (χ2n) is 5.76. The number of aryl methyl sites for hydroxylation is 1. The molecule has 1 atom stereocenters. The third-order valence-electron chi connectivity index (χ3n) is 4.49. The summed E-state index contributed by atoms with van der Waals surface area (Å²) in [6, 6.07) is 17.6. The molecule has 22 heavy (non-hydrogen) atoms. The Morgan fingerprint density at radius 1 is 1.00 bits per heavy atom. The van der Waals surface area contributed by atoms with E-state index < -0.39 is 0 Å². The Hall–Kier alpha value is -1.87. The highest BCUT2D eigenvalue weighted by molar-refractivity contribution is 9.10. The number of aromatic nitrogens is 2. The summed E-state index contributed by atoms with van der Waals surface area (Å²) in [5.74, 6) is 0. The molecule has 0 radical (unpaired) electrons. The highest BCUT2D eigenvalue weighted by Crippen LogP contribution is 2.35. The lowest BCUT2D eigenvalue weighted by Gasteiger charge is -2.23. The van der Waals surface area contributed by atoms with Crippen molar-refractivity contribution in [3.05, 3.63) is 87.9 Å². The first-order valence-electron chi connectivity index (χ1n) is 7.68. The van der Waals surface area contributed by atoms with Crippen LogP contribution in [0.1, 0.15) is 34.7 Å². The lowest BCUT2D eigenvalue weighted by molar-refractivity contribution is 0.655. The van der Waals surface area contributed by atoms with Crippen LogP contribution in [0.15, 0.2) is 65.7 Å². The van der Waals surface area contributed by atoms with Gasteiger partial charge in [-0.3, -0.25) is 0 Å². The summed E-state index contributed by atoms with van der Waals surface area (Å²) in [5.41, 5.74) is 5.73. The second-order valence-corrected chi connectivity index (χ2v) is 6.46. The molecule has 1 aliphatic carbocycles. The van der Waals surface area contributed by atoms with Crippen molar-refractivity contribution in [2.45, 2.75) is 25.3 Å². The van der Waals surface area contributed by atoms with E-state index in [2.05, 4.69) is 80.2 Å². The summed E-state index contributed by atoms with van der Waals surface area (Å²) < 4.78 is 3.08. The molecule has 2 nitrogen and oxygen atoms in total. The molecule has 0 saturated heterocycles.